The molecule has 1 aromatic rings. The predicted molar refractivity (Wildman–Crippen MR) is 78.2 cm³/mol. The summed E-state index contributed by atoms with van der Waals surface area (Å²) in [7, 11) is 0. The lowest BCUT2D eigenvalue weighted by Gasteiger charge is -2.18. The number of amides is 2. The van der Waals surface area contributed by atoms with Crippen LogP contribution in [0.15, 0.2) is 36.4 Å². The van der Waals surface area contributed by atoms with Crippen molar-refractivity contribution in [1.82, 2.24) is 10.6 Å². The molecule has 0 heterocycles. The Morgan fingerprint density at radius 1 is 1.23 bits per heavy atom. The summed E-state index contributed by atoms with van der Waals surface area (Å²) in [6.07, 6.45) is 2.89. The minimum absolute atomic E-state index is 0.0698. The van der Waals surface area contributed by atoms with Gasteiger partial charge in [-0.1, -0.05) is 24.3 Å². The van der Waals surface area contributed by atoms with Crippen molar-refractivity contribution >= 4 is 6.03 Å². The van der Waals surface area contributed by atoms with Crippen LogP contribution in [0.4, 0.5) is 18.0 Å². The summed E-state index contributed by atoms with van der Waals surface area (Å²) in [4.78, 5) is 11.7. The van der Waals surface area contributed by atoms with Crippen molar-refractivity contribution in [3.63, 3.8) is 0 Å². The maximum absolute atomic E-state index is 12.6. The predicted octanol–water partition coefficient (Wildman–Crippen LogP) is 3.86. The van der Waals surface area contributed by atoms with Crippen molar-refractivity contribution in [3.05, 3.63) is 47.5 Å². The maximum Gasteiger partial charge on any atom is 0.416 e. The Kier molecular flexibility index (Phi) is 5.46. The van der Waals surface area contributed by atoms with Crippen molar-refractivity contribution in [2.45, 2.75) is 32.0 Å². The highest BCUT2D eigenvalue weighted by molar-refractivity contribution is 5.73. The normalized spacial score (nSPS) is 18.0. The van der Waals surface area contributed by atoms with Gasteiger partial charge in [0.1, 0.15) is 0 Å². The molecule has 0 aromatic heterocycles. The quantitative estimate of drug-likeness (QED) is 0.814. The Morgan fingerprint density at radius 2 is 2.05 bits per heavy atom. The molecule has 0 radical (unpaired) electrons. The Balaban J connectivity index is 1.77. The molecular formula is C16H19F3N2O. The summed E-state index contributed by atoms with van der Waals surface area (Å²) in [5.41, 5.74) is -0.285. The molecule has 0 aliphatic heterocycles. The number of hydrogen-bond donors (Lipinski definition) is 2. The monoisotopic (exact) mass is 312 g/mol. The van der Waals surface area contributed by atoms with Crippen LogP contribution in [0.3, 0.4) is 0 Å². The van der Waals surface area contributed by atoms with Crippen molar-refractivity contribution in [1.29, 1.82) is 0 Å². The van der Waals surface area contributed by atoms with Crippen LogP contribution in [0.1, 0.15) is 30.4 Å². The van der Waals surface area contributed by atoms with Crippen LogP contribution in [-0.2, 0) is 12.7 Å². The van der Waals surface area contributed by atoms with E-state index in [0.29, 0.717) is 18.0 Å². The zero-order chi connectivity index (χ0) is 16.0. The van der Waals surface area contributed by atoms with Gasteiger partial charge in [-0.15, -0.1) is 0 Å². The third-order valence-electron chi connectivity index (χ3n) is 3.64. The van der Waals surface area contributed by atoms with Crippen molar-refractivity contribution in [2.75, 3.05) is 6.54 Å². The van der Waals surface area contributed by atoms with Crippen molar-refractivity contribution in [3.8, 4) is 0 Å². The van der Waals surface area contributed by atoms with E-state index in [2.05, 4.69) is 22.8 Å². The van der Waals surface area contributed by atoms with E-state index in [1.165, 1.54) is 6.07 Å². The van der Waals surface area contributed by atoms with Crippen LogP contribution >= 0.6 is 0 Å². The van der Waals surface area contributed by atoms with Crippen LogP contribution in [0.2, 0.25) is 0 Å². The van der Waals surface area contributed by atoms with Gasteiger partial charge in [0.2, 0.25) is 0 Å². The second kappa shape index (κ2) is 7.33. The van der Waals surface area contributed by atoms with Crippen LogP contribution in [0, 0.1) is 5.92 Å². The molecule has 6 heteroatoms. The SMILES string of the molecule is O=C(NCc1cccc(C(F)(F)F)c1)NCC1CC=CCC1. The number of urea groups is 1. The zero-order valence-electron chi connectivity index (χ0n) is 12.1. The number of alkyl halides is 3. The Bertz CT molecular complexity index is 540. The van der Waals surface area contributed by atoms with Gasteiger partial charge in [0.15, 0.2) is 0 Å². The van der Waals surface area contributed by atoms with E-state index in [1.807, 2.05) is 0 Å². The molecule has 22 heavy (non-hydrogen) atoms. The van der Waals surface area contributed by atoms with Crippen LogP contribution in [-0.4, -0.2) is 12.6 Å². The molecule has 0 bridgehead atoms. The van der Waals surface area contributed by atoms with Gasteiger partial charge in [0.25, 0.3) is 0 Å². The first-order valence-electron chi connectivity index (χ1n) is 7.28. The fraction of sp³-hybridized carbons (Fsp3) is 0.438. The third kappa shape index (κ3) is 5.09. The smallest absolute Gasteiger partial charge is 0.338 e. The van der Waals surface area contributed by atoms with E-state index < -0.39 is 11.7 Å². The molecule has 2 rings (SSSR count). The summed E-state index contributed by atoms with van der Waals surface area (Å²) >= 11 is 0. The second-order valence-electron chi connectivity index (χ2n) is 5.41. The number of allylic oxidation sites excluding steroid dienone is 2. The molecule has 3 nitrogen and oxygen atoms in total. The summed E-state index contributed by atoms with van der Waals surface area (Å²) < 4.78 is 37.8. The van der Waals surface area contributed by atoms with Crippen molar-refractivity contribution < 1.29 is 18.0 Å². The molecule has 1 aromatic carbocycles. The Morgan fingerprint density at radius 3 is 2.73 bits per heavy atom. The number of halogens is 3. The maximum atomic E-state index is 12.6. The molecule has 1 atom stereocenters. The largest absolute Gasteiger partial charge is 0.416 e. The van der Waals surface area contributed by atoms with Crippen molar-refractivity contribution in [2.24, 2.45) is 5.92 Å². The van der Waals surface area contributed by atoms with Crippen LogP contribution in [0.5, 0.6) is 0 Å². The van der Waals surface area contributed by atoms with E-state index in [0.717, 1.165) is 31.4 Å². The van der Waals surface area contributed by atoms with Gasteiger partial charge >= 0.3 is 12.2 Å². The standard InChI is InChI=1S/C16H19F3N2O/c17-16(18,19)14-8-4-7-13(9-14)11-21-15(22)20-10-12-5-2-1-3-6-12/h1-2,4,7-9,12H,3,5-6,10-11H2,(H2,20,21,22). The van der Waals surface area contributed by atoms with Gasteiger partial charge in [-0.25, -0.2) is 4.79 Å². The number of carbonyl (C=O) groups excluding carboxylic acids is 1. The summed E-state index contributed by atoms with van der Waals surface area (Å²) in [6, 6.07) is 4.60. The summed E-state index contributed by atoms with van der Waals surface area (Å²) in [5, 5.41) is 5.34. The molecule has 1 unspecified atom stereocenters. The van der Waals surface area contributed by atoms with Gasteiger partial charge in [-0.2, -0.15) is 13.2 Å². The highest BCUT2D eigenvalue weighted by atomic mass is 19.4. The molecule has 0 spiro atoms. The minimum Gasteiger partial charge on any atom is -0.338 e. The van der Waals surface area contributed by atoms with E-state index >= 15 is 0 Å². The average Bonchev–Trinajstić information content (AvgIpc) is 2.51. The highest BCUT2D eigenvalue weighted by Crippen LogP contribution is 2.29. The van der Waals surface area contributed by atoms with Gasteiger partial charge in [0.05, 0.1) is 5.56 Å². The minimum atomic E-state index is -4.37. The van der Waals surface area contributed by atoms with Crippen LogP contribution < -0.4 is 10.6 Å². The summed E-state index contributed by atoms with van der Waals surface area (Å²) in [5.74, 6) is 0.435. The van der Waals surface area contributed by atoms with E-state index in [1.54, 1.807) is 6.07 Å². The number of benzene rings is 1. The Hall–Kier alpha value is -1.98. The topological polar surface area (TPSA) is 41.1 Å². The van der Waals surface area contributed by atoms with E-state index in [9.17, 15) is 18.0 Å². The number of rotatable bonds is 4. The number of carbonyl (C=O) groups is 1. The molecular weight excluding hydrogens is 293 g/mol. The highest BCUT2D eigenvalue weighted by Gasteiger charge is 2.30. The van der Waals surface area contributed by atoms with Crippen LogP contribution in [0.25, 0.3) is 0 Å². The average molecular weight is 312 g/mol. The zero-order valence-corrected chi connectivity index (χ0v) is 12.1. The number of nitrogens with one attached hydrogen (secondary N) is 2. The lowest BCUT2D eigenvalue weighted by Crippen LogP contribution is -2.38. The third-order valence-corrected chi connectivity index (χ3v) is 3.64. The lowest BCUT2D eigenvalue weighted by molar-refractivity contribution is -0.137. The first-order valence-corrected chi connectivity index (χ1v) is 7.28. The molecule has 2 amide bonds. The first-order chi connectivity index (χ1) is 10.4. The van der Waals surface area contributed by atoms with Gasteiger partial charge in [0, 0.05) is 13.1 Å². The molecule has 0 saturated carbocycles. The van der Waals surface area contributed by atoms with Gasteiger partial charge in [-0.05, 0) is 42.9 Å². The second-order valence-corrected chi connectivity index (χ2v) is 5.41. The van der Waals surface area contributed by atoms with E-state index in [-0.39, 0.29) is 12.6 Å². The summed E-state index contributed by atoms with van der Waals surface area (Å²) in [6.45, 7) is 0.652. The molecule has 1 aliphatic rings. The van der Waals surface area contributed by atoms with Gasteiger partial charge in [-0.3, -0.25) is 0 Å². The lowest BCUT2D eigenvalue weighted by atomic mass is 9.94. The molecule has 0 saturated heterocycles. The molecule has 2 N–H and O–H groups in total. The first kappa shape index (κ1) is 16.4. The number of hydrogen-bond acceptors (Lipinski definition) is 1. The molecule has 0 fully saturated rings. The fourth-order valence-electron chi connectivity index (χ4n) is 2.38. The molecule has 120 valence electrons. The fourth-order valence-corrected chi connectivity index (χ4v) is 2.38. The molecule has 1 aliphatic carbocycles. The van der Waals surface area contributed by atoms with E-state index in [4.69, 9.17) is 0 Å². The Labute approximate surface area is 127 Å². The van der Waals surface area contributed by atoms with Gasteiger partial charge < -0.3 is 10.6 Å².